The molecule has 1 aliphatic rings. The fourth-order valence-electron chi connectivity index (χ4n) is 4.24. The summed E-state index contributed by atoms with van der Waals surface area (Å²) in [6.07, 6.45) is 4.73. The van der Waals surface area contributed by atoms with Gasteiger partial charge in [0, 0.05) is 29.7 Å². The second-order valence-electron chi connectivity index (χ2n) is 8.32. The lowest BCUT2D eigenvalue weighted by Crippen LogP contribution is -2.43. The number of amides is 2. The molecule has 0 spiro atoms. The molecule has 5 rings (SSSR count). The number of aromatic nitrogens is 4. The second kappa shape index (κ2) is 8.74. The van der Waals surface area contributed by atoms with Gasteiger partial charge in [0.1, 0.15) is 6.04 Å². The van der Waals surface area contributed by atoms with E-state index < -0.39 is 6.04 Å². The molecule has 1 saturated heterocycles. The monoisotopic (exact) mass is 460 g/mol. The Hall–Kier alpha value is -3.59. The minimum atomic E-state index is -0.537. The molecule has 1 atom stereocenters. The van der Waals surface area contributed by atoms with Gasteiger partial charge in [-0.15, -0.1) is 11.3 Å². The molecule has 8 nitrogen and oxygen atoms in total. The molecule has 1 aliphatic heterocycles. The Morgan fingerprint density at radius 1 is 1.21 bits per heavy atom. The minimum Gasteiger partial charge on any atom is -0.327 e. The van der Waals surface area contributed by atoms with Crippen molar-refractivity contribution in [2.45, 2.75) is 38.8 Å². The highest BCUT2D eigenvalue weighted by molar-refractivity contribution is 7.13. The molecule has 0 bridgehead atoms. The summed E-state index contributed by atoms with van der Waals surface area (Å²) in [4.78, 5) is 37.4. The summed E-state index contributed by atoms with van der Waals surface area (Å²) < 4.78 is 1.83. The first kappa shape index (κ1) is 21.3. The number of pyridine rings is 1. The molecule has 168 valence electrons. The third kappa shape index (κ3) is 4.00. The Morgan fingerprint density at radius 3 is 2.76 bits per heavy atom. The van der Waals surface area contributed by atoms with E-state index in [4.69, 9.17) is 4.98 Å². The van der Waals surface area contributed by atoms with Crippen LogP contribution in [0.4, 0.5) is 5.13 Å². The highest BCUT2D eigenvalue weighted by Crippen LogP contribution is 2.29. The normalized spacial score (nSPS) is 16.0. The Labute approximate surface area is 195 Å². The number of fused-ring (bicyclic) bond motifs is 1. The second-order valence-corrected chi connectivity index (χ2v) is 9.22. The number of nitrogens with one attached hydrogen (secondary N) is 1. The van der Waals surface area contributed by atoms with E-state index in [1.54, 1.807) is 22.7 Å². The lowest BCUT2D eigenvalue weighted by Gasteiger charge is -2.24. The van der Waals surface area contributed by atoms with Crippen molar-refractivity contribution in [2.24, 2.45) is 0 Å². The zero-order chi connectivity index (χ0) is 22.9. The lowest BCUT2D eigenvalue weighted by atomic mass is 10.1. The predicted molar refractivity (Wildman–Crippen MR) is 128 cm³/mol. The number of anilines is 1. The van der Waals surface area contributed by atoms with Crippen LogP contribution in [0.1, 0.15) is 43.1 Å². The highest BCUT2D eigenvalue weighted by Gasteiger charge is 2.36. The summed E-state index contributed by atoms with van der Waals surface area (Å²) in [5, 5.41) is 10.4. The number of likely N-dealkylation sites (tertiary alicyclic amines) is 1. The van der Waals surface area contributed by atoms with Gasteiger partial charge >= 0.3 is 0 Å². The standard InChI is InChI=1S/C24H24N6O2S/c1-15(2)30-21-18(14-26-30)17(13-19(27-21)16-7-4-3-5-8-16)23(32)29-11-6-9-20(29)22(31)28-24-25-10-12-33-24/h3-5,7-8,10,12-15,20H,6,9,11H2,1-2H3,(H,25,28,31). The van der Waals surface area contributed by atoms with E-state index in [-0.39, 0.29) is 17.9 Å². The number of carbonyl (C=O) groups excluding carboxylic acids is 2. The third-order valence-electron chi connectivity index (χ3n) is 5.83. The molecule has 1 N–H and O–H groups in total. The summed E-state index contributed by atoms with van der Waals surface area (Å²) in [5.74, 6) is -0.387. The van der Waals surface area contributed by atoms with Crippen LogP contribution in [-0.4, -0.2) is 49.0 Å². The third-order valence-corrected chi connectivity index (χ3v) is 6.52. The zero-order valence-corrected chi connectivity index (χ0v) is 19.2. The maximum absolute atomic E-state index is 13.8. The summed E-state index contributed by atoms with van der Waals surface area (Å²) >= 11 is 1.36. The Bertz CT molecular complexity index is 1300. The average molecular weight is 461 g/mol. The largest absolute Gasteiger partial charge is 0.327 e. The van der Waals surface area contributed by atoms with Gasteiger partial charge in [0.25, 0.3) is 5.91 Å². The van der Waals surface area contributed by atoms with Crippen molar-refractivity contribution < 1.29 is 9.59 Å². The number of thiazole rings is 1. The molecule has 0 saturated carbocycles. The topological polar surface area (TPSA) is 93.0 Å². The molecule has 2 amide bonds. The maximum atomic E-state index is 13.8. The van der Waals surface area contributed by atoms with Gasteiger partial charge in [0.2, 0.25) is 5.91 Å². The summed E-state index contributed by atoms with van der Waals surface area (Å²) in [6.45, 7) is 4.59. The van der Waals surface area contributed by atoms with E-state index in [9.17, 15) is 9.59 Å². The predicted octanol–water partition coefficient (Wildman–Crippen LogP) is 4.38. The first-order valence-electron chi connectivity index (χ1n) is 11.0. The van der Waals surface area contributed by atoms with E-state index in [1.807, 2.05) is 54.9 Å². The van der Waals surface area contributed by atoms with E-state index >= 15 is 0 Å². The summed E-state index contributed by atoms with van der Waals surface area (Å²) in [6, 6.07) is 11.2. The summed E-state index contributed by atoms with van der Waals surface area (Å²) in [5.41, 5.74) is 2.80. The van der Waals surface area contributed by atoms with E-state index in [0.29, 0.717) is 40.4 Å². The molecule has 3 aromatic heterocycles. The Kier molecular flexibility index (Phi) is 5.63. The van der Waals surface area contributed by atoms with Crippen LogP contribution in [0.2, 0.25) is 0 Å². The van der Waals surface area contributed by atoms with Crippen LogP contribution in [-0.2, 0) is 4.79 Å². The molecule has 33 heavy (non-hydrogen) atoms. The summed E-state index contributed by atoms with van der Waals surface area (Å²) in [7, 11) is 0. The van der Waals surface area contributed by atoms with Gasteiger partial charge < -0.3 is 10.2 Å². The van der Waals surface area contributed by atoms with Crippen molar-refractivity contribution >= 4 is 39.3 Å². The fourth-order valence-corrected chi connectivity index (χ4v) is 4.77. The number of carbonyl (C=O) groups is 2. The Morgan fingerprint density at radius 2 is 2.03 bits per heavy atom. The van der Waals surface area contributed by atoms with Gasteiger partial charge in [-0.3, -0.25) is 9.59 Å². The van der Waals surface area contributed by atoms with E-state index in [0.717, 1.165) is 12.0 Å². The lowest BCUT2D eigenvalue weighted by molar-refractivity contribution is -0.119. The van der Waals surface area contributed by atoms with Crippen LogP contribution < -0.4 is 5.32 Å². The van der Waals surface area contributed by atoms with Crippen molar-refractivity contribution in [2.75, 3.05) is 11.9 Å². The van der Waals surface area contributed by atoms with Gasteiger partial charge in [0.05, 0.1) is 22.8 Å². The molecule has 0 aliphatic carbocycles. The van der Waals surface area contributed by atoms with Crippen molar-refractivity contribution in [1.29, 1.82) is 0 Å². The average Bonchev–Trinajstić information content (AvgIpc) is 3.58. The number of hydrogen-bond acceptors (Lipinski definition) is 6. The van der Waals surface area contributed by atoms with Crippen LogP contribution in [0.3, 0.4) is 0 Å². The fraction of sp³-hybridized carbons (Fsp3) is 0.292. The number of rotatable bonds is 5. The van der Waals surface area contributed by atoms with Crippen LogP contribution in [0, 0.1) is 0 Å². The van der Waals surface area contributed by atoms with Crippen molar-refractivity contribution in [3.8, 4) is 11.3 Å². The maximum Gasteiger partial charge on any atom is 0.255 e. The highest BCUT2D eigenvalue weighted by atomic mass is 32.1. The molecule has 1 unspecified atom stereocenters. The van der Waals surface area contributed by atoms with Gasteiger partial charge in [-0.25, -0.2) is 14.6 Å². The molecule has 4 aromatic rings. The van der Waals surface area contributed by atoms with Gasteiger partial charge in [-0.1, -0.05) is 30.3 Å². The zero-order valence-electron chi connectivity index (χ0n) is 18.4. The van der Waals surface area contributed by atoms with Crippen molar-refractivity contribution in [3.63, 3.8) is 0 Å². The van der Waals surface area contributed by atoms with Gasteiger partial charge in [-0.05, 0) is 32.8 Å². The van der Waals surface area contributed by atoms with Crippen LogP contribution in [0.25, 0.3) is 22.3 Å². The molecule has 0 radical (unpaired) electrons. The number of nitrogens with zero attached hydrogens (tertiary/aromatic N) is 5. The molecule has 4 heterocycles. The molecular formula is C24H24N6O2S. The molecular weight excluding hydrogens is 436 g/mol. The molecule has 1 fully saturated rings. The SMILES string of the molecule is CC(C)n1ncc2c(C(=O)N3CCCC3C(=O)Nc3nccs3)cc(-c3ccccc3)nc21. The van der Waals surface area contributed by atoms with Crippen LogP contribution >= 0.6 is 11.3 Å². The van der Waals surface area contributed by atoms with Crippen molar-refractivity contribution in [1.82, 2.24) is 24.6 Å². The number of benzene rings is 1. The van der Waals surface area contributed by atoms with Crippen molar-refractivity contribution in [3.05, 3.63) is 59.7 Å². The van der Waals surface area contributed by atoms with Crippen LogP contribution in [0.5, 0.6) is 0 Å². The molecule has 9 heteroatoms. The smallest absolute Gasteiger partial charge is 0.255 e. The first-order chi connectivity index (χ1) is 16.0. The minimum absolute atomic E-state index is 0.0904. The van der Waals surface area contributed by atoms with Gasteiger partial charge in [0.15, 0.2) is 10.8 Å². The number of hydrogen-bond donors (Lipinski definition) is 1. The molecule has 1 aromatic carbocycles. The Balaban J connectivity index is 1.55. The quantitative estimate of drug-likeness (QED) is 0.477. The van der Waals surface area contributed by atoms with Gasteiger partial charge in [-0.2, -0.15) is 5.10 Å². The first-order valence-corrected chi connectivity index (χ1v) is 11.9. The van der Waals surface area contributed by atoms with E-state index in [2.05, 4.69) is 15.4 Å². The van der Waals surface area contributed by atoms with E-state index in [1.165, 1.54) is 11.3 Å². The van der Waals surface area contributed by atoms with Crippen LogP contribution in [0.15, 0.2) is 54.2 Å².